The van der Waals surface area contributed by atoms with Crippen molar-refractivity contribution >= 4 is 11.9 Å². The van der Waals surface area contributed by atoms with E-state index >= 15 is 0 Å². The van der Waals surface area contributed by atoms with Crippen LogP contribution in [0.4, 0.5) is 5.69 Å². The summed E-state index contributed by atoms with van der Waals surface area (Å²) in [4.78, 5) is 4.36. The summed E-state index contributed by atoms with van der Waals surface area (Å²) in [6.07, 6.45) is 20.1. The standard InChI is InChI=1S/C25H34N4.C14H22O.C2H6/c1-5-8-15-28-20-22(19-27)12-14-25(4,13-7-3)23-17-21(18-26)10-11-24(23)29-16-9-6-2;1-7-9-13(15-6)11-12(3)14(4,5)10-8-2;1-2/h7,10-12,17,20,29H,3,5-6,8-9,13-16H2,1-2,4H3;7-9,11H,2-3,10H2,1,4-6H3;1-2H3/p+1/b22-12+,28-20?;9-7-,13-11+;. The number of aliphatic imine (C=N–C) groups is 1. The zero-order valence-corrected chi connectivity index (χ0v) is 30.6. The Kier molecular flexibility index (Phi) is 25.3. The molecule has 0 aliphatic carbocycles. The molecule has 46 heavy (non-hydrogen) atoms. The Labute approximate surface area is 282 Å². The molecule has 1 atom stereocenters. The van der Waals surface area contributed by atoms with Crippen LogP contribution in [0.25, 0.3) is 0 Å². The summed E-state index contributed by atoms with van der Waals surface area (Å²) in [6.45, 7) is 30.3. The lowest BCUT2D eigenvalue weighted by atomic mass is 9.75. The van der Waals surface area contributed by atoms with E-state index in [1.54, 1.807) is 13.3 Å². The van der Waals surface area contributed by atoms with Gasteiger partial charge in [-0.2, -0.15) is 10.5 Å². The van der Waals surface area contributed by atoms with E-state index < -0.39 is 0 Å². The summed E-state index contributed by atoms with van der Waals surface area (Å²) in [7, 11) is 1.67. The Balaban J connectivity index is 0. The van der Waals surface area contributed by atoms with E-state index in [-0.39, 0.29) is 10.8 Å². The maximum Gasteiger partial charge on any atom is 0.133 e. The Morgan fingerprint density at radius 2 is 1.67 bits per heavy atom. The molecule has 1 aromatic carbocycles. The molecule has 0 aliphatic rings. The van der Waals surface area contributed by atoms with Crippen LogP contribution < -0.4 is 5.32 Å². The zero-order chi connectivity index (χ0) is 35.4. The number of nitrogens with zero attached hydrogens (tertiary/aromatic N) is 3. The van der Waals surface area contributed by atoms with Crippen LogP contribution in [0.5, 0.6) is 0 Å². The van der Waals surface area contributed by atoms with Crippen LogP contribution in [0, 0.1) is 28.1 Å². The molecule has 0 bridgehead atoms. The van der Waals surface area contributed by atoms with Crippen molar-refractivity contribution in [2.75, 3.05) is 20.2 Å². The average Bonchev–Trinajstić information content (AvgIpc) is 3.05. The summed E-state index contributed by atoms with van der Waals surface area (Å²) in [5.74, 6) is 0.833. The Morgan fingerprint density at radius 3 is 2.20 bits per heavy atom. The molecule has 0 aliphatic heterocycles. The van der Waals surface area contributed by atoms with E-state index in [4.69, 9.17) is 4.74 Å². The van der Waals surface area contributed by atoms with Gasteiger partial charge in [0, 0.05) is 29.8 Å². The van der Waals surface area contributed by atoms with Crippen molar-refractivity contribution in [1.29, 1.82) is 10.5 Å². The van der Waals surface area contributed by atoms with Crippen LogP contribution in [-0.4, -0.2) is 26.4 Å². The number of unbranched alkanes of at least 4 members (excludes halogenated alkanes) is 2. The van der Waals surface area contributed by atoms with Crippen molar-refractivity contribution in [3.8, 4) is 12.1 Å². The largest absolute Gasteiger partial charge is 0.497 e. The monoisotopic (exact) mass is 627 g/mol. The fraction of sp³-hybridized carbons (Fsp3) is 0.488. The molecular formula is C41H63N4O+. The van der Waals surface area contributed by atoms with Gasteiger partial charge in [0.05, 0.1) is 30.9 Å². The Morgan fingerprint density at radius 1 is 1.02 bits per heavy atom. The highest BCUT2D eigenvalue weighted by Crippen LogP contribution is 2.36. The molecule has 1 aromatic rings. The predicted molar refractivity (Wildman–Crippen MR) is 200 cm³/mol. The van der Waals surface area contributed by atoms with E-state index in [2.05, 4.69) is 76.8 Å². The van der Waals surface area contributed by atoms with Crippen LogP contribution in [0.1, 0.15) is 111 Å². The van der Waals surface area contributed by atoms with Crippen LogP contribution in [0.3, 0.4) is 0 Å². The SMILES string of the molecule is C=CCC(C)(C)C(=C)/C=C(\C=C/C)OC.C=CCC(C)(C/C=C(\C#N)C=NCCCC)c1cc(C#N)ccc1[NH2+]CCCC.CC. The topological polar surface area (TPSA) is 85.8 Å². The van der Waals surface area contributed by atoms with Crippen molar-refractivity contribution < 1.29 is 10.1 Å². The van der Waals surface area contributed by atoms with E-state index in [1.807, 2.05) is 75.4 Å². The van der Waals surface area contributed by atoms with E-state index in [9.17, 15) is 10.5 Å². The molecule has 1 unspecified atom stereocenters. The number of rotatable bonds is 19. The molecule has 0 heterocycles. The second-order valence-electron chi connectivity index (χ2n) is 11.8. The summed E-state index contributed by atoms with van der Waals surface area (Å²) in [6, 6.07) is 10.4. The van der Waals surface area contributed by atoms with Gasteiger partial charge in [-0.15, -0.1) is 13.2 Å². The maximum atomic E-state index is 9.48. The quantitative estimate of drug-likeness (QED) is 0.0315. The second-order valence-corrected chi connectivity index (χ2v) is 11.8. The number of benzene rings is 1. The zero-order valence-electron chi connectivity index (χ0n) is 30.6. The normalized spacial score (nSPS) is 12.9. The molecule has 0 radical (unpaired) electrons. The van der Waals surface area contributed by atoms with Crippen LogP contribution in [-0.2, 0) is 10.2 Å². The number of nitrogens with two attached hydrogens (primary N) is 1. The first kappa shape index (κ1) is 44.2. The van der Waals surface area contributed by atoms with Crippen LogP contribution in [0.2, 0.25) is 0 Å². The molecule has 0 saturated heterocycles. The molecule has 1 rings (SSSR count). The Bertz CT molecular complexity index is 1250. The lowest BCUT2D eigenvalue weighted by Crippen LogP contribution is -2.78. The van der Waals surface area contributed by atoms with E-state index in [1.165, 1.54) is 5.69 Å². The molecule has 5 nitrogen and oxygen atoms in total. The number of allylic oxidation sites excluding steroid dienone is 8. The summed E-state index contributed by atoms with van der Waals surface area (Å²) >= 11 is 0. The van der Waals surface area contributed by atoms with Gasteiger partial charge < -0.3 is 10.1 Å². The van der Waals surface area contributed by atoms with Gasteiger partial charge in [-0.1, -0.05) is 92.2 Å². The number of ether oxygens (including phenoxy) is 1. The van der Waals surface area contributed by atoms with Crippen LogP contribution in [0.15, 0.2) is 96.3 Å². The molecule has 0 saturated carbocycles. The lowest BCUT2D eigenvalue weighted by molar-refractivity contribution is -0.572. The molecule has 0 fully saturated rings. The van der Waals surface area contributed by atoms with Crippen molar-refractivity contribution in [1.82, 2.24) is 0 Å². The maximum absolute atomic E-state index is 9.48. The first-order chi connectivity index (χ1) is 22.0. The Hall–Kier alpha value is -3.93. The number of quaternary nitrogens is 1. The fourth-order valence-electron chi connectivity index (χ4n) is 4.48. The molecule has 2 N–H and O–H groups in total. The molecular weight excluding hydrogens is 564 g/mol. The van der Waals surface area contributed by atoms with Gasteiger partial charge in [-0.25, -0.2) is 0 Å². The lowest BCUT2D eigenvalue weighted by Gasteiger charge is -2.29. The van der Waals surface area contributed by atoms with Crippen LogP contribution >= 0.6 is 0 Å². The third-order valence-electron chi connectivity index (χ3n) is 7.53. The molecule has 5 heteroatoms. The van der Waals surface area contributed by atoms with Crippen molar-refractivity contribution in [3.05, 3.63) is 102 Å². The summed E-state index contributed by atoms with van der Waals surface area (Å²) in [5.41, 5.74) is 4.41. The van der Waals surface area contributed by atoms with Gasteiger partial charge in [0.1, 0.15) is 17.5 Å². The highest BCUT2D eigenvalue weighted by molar-refractivity contribution is 5.83. The van der Waals surface area contributed by atoms with Gasteiger partial charge in [-0.3, -0.25) is 4.99 Å². The summed E-state index contributed by atoms with van der Waals surface area (Å²) < 4.78 is 5.22. The average molecular weight is 628 g/mol. The van der Waals surface area contributed by atoms with Gasteiger partial charge in [0.15, 0.2) is 0 Å². The van der Waals surface area contributed by atoms with Gasteiger partial charge >= 0.3 is 0 Å². The van der Waals surface area contributed by atoms with E-state index in [0.29, 0.717) is 17.6 Å². The summed E-state index contributed by atoms with van der Waals surface area (Å²) in [5, 5.41) is 21.2. The number of hydrogen-bond acceptors (Lipinski definition) is 4. The highest BCUT2D eigenvalue weighted by Gasteiger charge is 2.29. The third-order valence-corrected chi connectivity index (χ3v) is 7.53. The smallest absolute Gasteiger partial charge is 0.133 e. The highest BCUT2D eigenvalue weighted by atomic mass is 16.5. The number of methoxy groups -OCH3 is 1. The minimum atomic E-state index is -0.244. The van der Waals surface area contributed by atoms with E-state index in [0.717, 1.165) is 68.5 Å². The minimum Gasteiger partial charge on any atom is -0.497 e. The number of nitriles is 2. The minimum absolute atomic E-state index is 0.0348. The first-order valence-corrected chi connectivity index (χ1v) is 16.8. The molecule has 0 aromatic heterocycles. The first-order valence-electron chi connectivity index (χ1n) is 16.8. The second kappa shape index (κ2) is 26.3. The number of hydrogen-bond donors (Lipinski definition) is 1. The molecule has 0 spiro atoms. The third kappa shape index (κ3) is 17.5. The van der Waals surface area contributed by atoms with Gasteiger partial charge in [0.2, 0.25) is 0 Å². The van der Waals surface area contributed by atoms with Crippen molar-refractivity contribution in [2.45, 2.75) is 106 Å². The van der Waals surface area contributed by atoms with Crippen molar-refractivity contribution in [3.63, 3.8) is 0 Å². The molecule has 252 valence electrons. The predicted octanol–water partition coefficient (Wildman–Crippen LogP) is 10.4. The fourth-order valence-corrected chi connectivity index (χ4v) is 4.48. The van der Waals surface area contributed by atoms with Gasteiger partial charge in [-0.05, 0) is 74.3 Å². The van der Waals surface area contributed by atoms with Crippen molar-refractivity contribution in [2.24, 2.45) is 10.4 Å². The van der Waals surface area contributed by atoms with Gasteiger partial charge in [0.25, 0.3) is 0 Å². The molecule has 0 amide bonds.